The molecule has 1 aromatic carbocycles. The molecule has 2 aromatic heterocycles. The molecule has 1 saturated heterocycles. The third kappa shape index (κ3) is 3.55. The lowest BCUT2D eigenvalue weighted by molar-refractivity contribution is -0.00238. The highest BCUT2D eigenvalue weighted by Gasteiger charge is 2.32. The number of alkyl halides is 1. The monoisotopic (exact) mass is 426 g/mol. The predicted molar refractivity (Wildman–Crippen MR) is 114 cm³/mol. The van der Waals surface area contributed by atoms with Gasteiger partial charge in [0.1, 0.15) is 17.5 Å². The SMILES string of the molecule is N#CC[C@@H]1C[C@H](n2c(C3CCC(F)CC3)nc3cnc4ccc(Cl)cc4c32)CCO1. The Kier molecular flexibility index (Phi) is 5.34. The lowest BCUT2D eigenvalue weighted by Crippen LogP contribution is -2.29. The highest BCUT2D eigenvalue weighted by atomic mass is 35.5. The largest absolute Gasteiger partial charge is 0.377 e. The summed E-state index contributed by atoms with van der Waals surface area (Å²) in [6.45, 7) is 0.622. The molecule has 156 valence electrons. The molecule has 3 aromatic rings. The summed E-state index contributed by atoms with van der Waals surface area (Å²) >= 11 is 6.34. The Morgan fingerprint density at radius 2 is 2.03 bits per heavy atom. The Labute approximate surface area is 179 Å². The van der Waals surface area contributed by atoms with Gasteiger partial charge in [-0.3, -0.25) is 4.98 Å². The molecule has 0 N–H and O–H groups in total. The van der Waals surface area contributed by atoms with Gasteiger partial charge in [-0.15, -0.1) is 0 Å². The second kappa shape index (κ2) is 8.13. The molecule has 2 atom stereocenters. The first-order chi connectivity index (χ1) is 14.6. The molecular formula is C23H24ClFN4O. The maximum atomic E-state index is 13.8. The van der Waals surface area contributed by atoms with Crippen LogP contribution in [-0.2, 0) is 4.74 Å². The molecule has 5 rings (SSSR count). The third-order valence-corrected chi connectivity index (χ3v) is 6.79. The fourth-order valence-corrected chi connectivity index (χ4v) is 5.25. The molecular weight excluding hydrogens is 403 g/mol. The smallest absolute Gasteiger partial charge is 0.113 e. The van der Waals surface area contributed by atoms with Crippen molar-refractivity contribution in [1.82, 2.24) is 14.5 Å². The number of aromatic nitrogens is 3. The molecule has 7 heteroatoms. The fourth-order valence-electron chi connectivity index (χ4n) is 5.07. The van der Waals surface area contributed by atoms with Gasteiger partial charge in [0.25, 0.3) is 0 Å². The number of nitrogens with zero attached hydrogens (tertiary/aromatic N) is 4. The van der Waals surface area contributed by atoms with Crippen LogP contribution in [0.3, 0.4) is 0 Å². The number of pyridine rings is 1. The second-order valence-electron chi connectivity index (χ2n) is 8.48. The van der Waals surface area contributed by atoms with Gasteiger partial charge in [0.05, 0.1) is 35.8 Å². The zero-order chi connectivity index (χ0) is 20.7. The van der Waals surface area contributed by atoms with E-state index in [0.717, 1.165) is 53.4 Å². The molecule has 0 bridgehead atoms. The van der Waals surface area contributed by atoms with E-state index in [1.54, 1.807) is 0 Å². The van der Waals surface area contributed by atoms with Crippen molar-refractivity contribution in [1.29, 1.82) is 5.26 Å². The van der Waals surface area contributed by atoms with Crippen LogP contribution in [0.15, 0.2) is 24.4 Å². The van der Waals surface area contributed by atoms with E-state index in [-0.39, 0.29) is 18.1 Å². The topological polar surface area (TPSA) is 63.7 Å². The minimum atomic E-state index is -0.705. The summed E-state index contributed by atoms with van der Waals surface area (Å²) in [4.78, 5) is 9.61. The number of imidazole rings is 1. The first kappa shape index (κ1) is 19.7. The quantitative estimate of drug-likeness (QED) is 0.525. The maximum absolute atomic E-state index is 13.8. The van der Waals surface area contributed by atoms with E-state index in [1.165, 1.54) is 0 Å². The molecule has 1 aliphatic heterocycles. The van der Waals surface area contributed by atoms with E-state index in [2.05, 4.69) is 15.6 Å². The second-order valence-corrected chi connectivity index (χ2v) is 8.91. The van der Waals surface area contributed by atoms with Crippen molar-refractivity contribution >= 4 is 33.5 Å². The van der Waals surface area contributed by atoms with Gasteiger partial charge in [-0.05, 0) is 56.7 Å². The van der Waals surface area contributed by atoms with Crippen molar-refractivity contribution < 1.29 is 9.13 Å². The average molecular weight is 427 g/mol. The summed E-state index contributed by atoms with van der Waals surface area (Å²) in [5.74, 6) is 1.25. The summed E-state index contributed by atoms with van der Waals surface area (Å²) in [5, 5.41) is 10.8. The van der Waals surface area contributed by atoms with Gasteiger partial charge >= 0.3 is 0 Å². The molecule has 2 fully saturated rings. The van der Waals surface area contributed by atoms with Crippen LogP contribution < -0.4 is 0 Å². The van der Waals surface area contributed by atoms with E-state index in [9.17, 15) is 4.39 Å². The summed E-state index contributed by atoms with van der Waals surface area (Å²) in [6, 6.07) is 8.17. The van der Waals surface area contributed by atoms with E-state index in [0.29, 0.717) is 30.9 Å². The van der Waals surface area contributed by atoms with Crippen molar-refractivity contribution in [2.45, 2.75) is 69.2 Å². The van der Waals surface area contributed by atoms with Crippen LogP contribution in [0, 0.1) is 11.3 Å². The number of halogens is 2. The highest BCUT2D eigenvalue weighted by molar-refractivity contribution is 6.31. The molecule has 0 spiro atoms. The molecule has 0 radical (unpaired) electrons. The molecule has 0 amide bonds. The molecule has 1 saturated carbocycles. The molecule has 3 heterocycles. The Morgan fingerprint density at radius 1 is 1.20 bits per heavy atom. The minimum Gasteiger partial charge on any atom is -0.377 e. The Hall–Kier alpha value is -2.23. The number of fused-ring (bicyclic) bond motifs is 3. The predicted octanol–water partition coefficient (Wildman–Crippen LogP) is 5.87. The number of nitriles is 1. The van der Waals surface area contributed by atoms with Crippen LogP contribution in [0.1, 0.15) is 62.7 Å². The summed E-state index contributed by atoms with van der Waals surface area (Å²) < 4.78 is 22.0. The van der Waals surface area contributed by atoms with Crippen molar-refractivity contribution in [3.05, 3.63) is 35.2 Å². The average Bonchev–Trinajstić information content (AvgIpc) is 3.15. The molecule has 5 nitrogen and oxygen atoms in total. The number of hydrogen-bond acceptors (Lipinski definition) is 4. The zero-order valence-corrected chi connectivity index (χ0v) is 17.5. The summed E-state index contributed by atoms with van der Waals surface area (Å²) in [5.41, 5.74) is 2.78. The zero-order valence-electron chi connectivity index (χ0n) is 16.7. The first-order valence-corrected chi connectivity index (χ1v) is 11.1. The van der Waals surface area contributed by atoms with Crippen LogP contribution in [0.5, 0.6) is 0 Å². The van der Waals surface area contributed by atoms with Gasteiger partial charge in [0, 0.05) is 29.0 Å². The Morgan fingerprint density at radius 3 is 2.83 bits per heavy atom. The Bertz CT molecular complexity index is 1120. The highest BCUT2D eigenvalue weighted by Crippen LogP contribution is 2.40. The molecule has 30 heavy (non-hydrogen) atoms. The molecule has 1 aliphatic carbocycles. The van der Waals surface area contributed by atoms with Gasteiger partial charge in [0.2, 0.25) is 0 Å². The van der Waals surface area contributed by atoms with Gasteiger partial charge in [0.15, 0.2) is 0 Å². The first-order valence-electron chi connectivity index (χ1n) is 10.7. The number of ether oxygens (including phenoxy) is 1. The summed E-state index contributed by atoms with van der Waals surface area (Å²) in [7, 11) is 0. The van der Waals surface area contributed by atoms with E-state index in [1.807, 2.05) is 24.4 Å². The summed E-state index contributed by atoms with van der Waals surface area (Å²) in [6.07, 6.45) is 5.87. The van der Waals surface area contributed by atoms with Gasteiger partial charge in [-0.25, -0.2) is 9.37 Å². The molecule has 0 unspecified atom stereocenters. The van der Waals surface area contributed by atoms with Gasteiger partial charge in [-0.1, -0.05) is 11.6 Å². The molecule has 2 aliphatic rings. The third-order valence-electron chi connectivity index (χ3n) is 6.55. The van der Waals surface area contributed by atoms with E-state index >= 15 is 0 Å². The number of benzene rings is 1. The maximum Gasteiger partial charge on any atom is 0.113 e. The normalized spacial score (nSPS) is 27.4. The van der Waals surface area contributed by atoms with Crippen molar-refractivity contribution in [2.24, 2.45) is 0 Å². The Balaban J connectivity index is 1.69. The lowest BCUT2D eigenvalue weighted by atomic mass is 9.87. The van der Waals surface area contributed by atoms with Crippen LogP contribution in [0.4, 0.5) is 4.39 Å². The fraction of sp³-hybridized carbons (Fsp3) is 0.522. The van der Waals surface area contributed by atoms with Crippen LogP contribution in [-0.4, -0.2) is 33.4 Å². The van der Waals surface area contributed by atoms with Crippen molar-refractivity contribution in [3.8, 4) is 6.07 Å². The lowest BCUT2D eigenvalue weighted by Gasteiger charge is -2.33. The van der Waals surface area contributed by atoms with Gasteiger partial charge in [-0.2, -0.15) is 5.26 Å². The van der Waals surface area contributed by atoms with Crippen molar-refractivity contribution in [3.63, 3.8) is 0 Å². The van der Waals surface area contributed by atoms with Gasteiger partial charge < -0.3 is 9.30 Å². The van der Waals surface area contributed by atoms with E-state index < -0.39 is 6.17 Å². The van der Waals surface area contributed by atoms with E-state index in [4.69, 9.17) is 26.6 Å². The van der Waals surface area contributed by atoms with Crippen LogP contribution in [0.25, 0.3) is 21.9 Å². The standard InChI is InChI=1S/C23H24ClFN4O/c24-15-3-6-20-19(11-15)22-21(13-27-20)28-23(14-1-4-16(25)5-2-14)29(22)17-8-10-30-18(12-17)7-9-26/h3,6,11,13-14,16-18H,1-2,4-5,7-8,10,12H2/t14?,16?,17-,18-/m1/s1. The number of hydrogen-bond donors (Lipinski definition) is 0. The van der Waals surface area contributed by atoms with Crippen molar-refractivity contribution in [2.75, 3.05) is 6.61 Å². The minimum absolute atomic E-state index is 0.0719. The number of rotatable bonds is 3. The van der Waals surface area contributed by atoms with Crippen LogP contribution in [0.2, 0.25) is 5.02 Å². The van der Waals surface area contributed by atoms with Crippen LogP contribution >= 0.6 is 11.6 Å².